The number of aliphatic carboxylic acids is 1. The van der Waals surface area contributed by atoms with Crippen molar-refractivity contribution in [3.8, 4) is 0 Å². The van der Waals surface area contributed by atoms with Gasteiger partial charge in [0.15, 0.2) is 0 Å². The van der Waals surface area contributed by atoms with Crippen LogP contribution >= 0.6 is 0 Å². The van der Waals surface area contributed by atoms with Crippen LogP contribution < -0.4 is 0 Å². The summed E-state index contributed by atoms with van der Waals surface area (Å²) in [5, 5.41) is 9.07. The summed E-state index contributed by atoms with van der Waals surface area (Å²) in [6.07, 6.45) is 19.9. The smallest absolute Gasteiger partial charge is 0.303 e. The van der Waals surface area contributed by atoms with Crippen molar-refractivity contribution in [2.24, 2.45) is 40.4 Å². The maximum absolute atomic E-state index is 11.0. The molecule has 26 heavy (non-hydrogen) atoms. The van der Waals surface area contributed by atoms with Gasteiger partial charge in [0.2, 0.25) is 0 Å². The molecule has 0 radical (unpaired) electrons. The minimum absolute atomic E-state index is 0.216. The van der Waals surface area contributed by atoms with Crippen LogP contribution in [0, 0.1) is 40.4 Å². The average molecular weight is 355 g/mol. The Morgan fingerprint density at radius 3 is 2.88 bits per heavy atom. The summed E-state index contributed by atoms with van der Waals surface area (Å²) in [4.78, 5) is 11.0. The largest absolute Gasteiger partial charge is 0.481 e. The van der Waals surface area contributed by atoms with Crippen molar-refractivity contribution in [1.29, 1.82) is 0 Å². The molecule has 7 unspecified atom stereocenters. The van der Waals surface area contributed by atoms with Crippen molar-refractivity contribution in [3.05, 3.63) is 36.0 Å². The summed E-state index contributed by atoms with van der Waals surface area (Å²) < 4.78 is 0. The van der Waals surface area contributed by atoms with Gasteiger partial charge in [-0.3, -0.25) is 4.79 Å². The lowest BCUT2D eigenvalue weighted by Gasteiger charge is -2.53. The van der Waals surface area contributed by atoms with Crippen molar-refractivity contribution in [2.45, 2.75) is 65.7 Å². The first-order valence-corrected chi connectivity index (χ1v) is 10.6. The number of hydrogen-bond acceptors (Lipinski definition) is 1. The van der Waals surface area contributed by atoms with Gasteiger partial charge in [0.25, 0.3) is 0 Å². The first-order valence-electron chi connectivity index (χ1n) is 10.6. The molecule has 2 heteroatoms. The molecule has 0 spiro atoms. The second-order valence-electron chi connectivity index (χ2n) is 9.87. The van der Waals surface area contributed by atoms with Gasteiger partial charge in [0, 0.05) is 12.3 Å². The van der Waals surface area contributed by atoms with Gasteiger partial charge in [0.05, 0.1) is 0 Å². The summed E-state index contributed by atoms with van der Waals surface area (Å²) in [5.74, 6) is 2.41. The summed E-state index contributed by atoms with van der Waals surface area (Å²) >= 11 is 0. The third-order valence-electron chi connectivity index (χ3n) is 8.61. The quantitative estimate of drug-likeness (QED) is 0.628. The molecule has 4 rings (SSSR count). The second kappa shape index (κ2) is 6.39. The Labute approximate surface area is 158 Å². The van der Waals surface area contributed by atoms with E-state index < -0.39 is 5.97 Å². The van der Waals surface area contributed by atoms with E-state index in [4.69, 9.17) is 5.11 Å². The number of carboxylic acids is 1. The number of hydrogen-bond donors (Lipinski definition) is 1. The second-order valence-corrected chi connectivity index (χ2v) is 9.87. The molecule has 0 aromatic carbocycles. The Morgan fingerprint density at radius 1 is 1.31 bits per heavy atom. The third kappa shape index (κ3) is 2.63. The average Bonchev–Trinajstić information content (AvgIpc) is 2.96. The summed E-state index contributed by atoms with van der Waals surface area (Å²) in [6, 6.07) is 0. The van der Waals surface area contributed by atoms with Crippen LogP contribution in [0.4, 0.5) is 0 Å². The van der Waals surface area contributed by atoms with Crippen molar-refractivity contribution >= 4 is 5.97 Å². The maximum atomic E-state index is 11.0. The van der Waals surface area contributed by atoms with Crippen molar-refractivity contribution in [2.75, 3.05) is 0 Å². The molecule has 4 aliphatic rings. The van der Waals surface area contributed by atoms with Crippen LogP contribution in [-0.2, 0) is 4.79 Å². The molecule has 0 amide bonds. The highest BCUT2D eigenvalue weighted by molar-refractivity contribution is 5.66. The molecule has 0 heterocycles. The van der Waals surface area contributed by atoms with E-state index in [0.717, 1.165) is 6.42 Å². The molecule has 0 saturated heterocycles. The molecule has 0 aromatic rings. The molecular formula is C24H34O2. The third-order valence-corrected chi connectivity index (χ3v) is 8.61. The standard InChI is InChI=1S/C24H34O2/c1-16(7-12-22(25)26)19-10-11-20-18-9-8-17-6-4-5-14-23(17,2)21(18)13-15-24(19,20)3/h4,6,9,13,15-17,19-21H,5,7-8,10-12,14H2,1-3H3,(H,25,26). The highest BCUT2D eigenvalue weighted by Gasteiger charge is 2.55. The lowest BCUT2D eigenvalue weighted by Crippen LogP contribution is -2.45. The lowest BCUT2D eigenvalue weighted by molar-refractivity contribution is -0.137. The summed E-state index contributed by atoms with van der Waals surface area (Å²) in [5.41, 5.74) is 2.33. The molecule has 0 aromatic heterocycles. The minimum Gasteiger partial charge on any atom is -0.481 e. The molecule has 0 aliphatic heterocycles. The Morgan fingerprint density at radius 2 is 2.12 bits per heavy atom. The zero-order valence-electron chi connectivity index (χ0n) is 16.6. The van der Waals surface area contributed by atoms with E-state index in [1.807, 2.05) is 0 Å². The zero-order valence-corrected chi connectivity index (χ0v) is 16.6. The van der Waals surface area contributed by atoms with E-state index in [-0.39, 0.29) is 5.41 Å². The van der Waals surface area contributed by atoms with Gasteiger partial charge in [0.1, 0.15) is 0 Å². The minimum atomic E-state index is -0.657. The fourth-order valence-electron chi connectivity index (χ4n) is 7.00. The van der Waals surface area contributed by atoms with E-state index in [1.165, 1.54) is 32.1 Å². The number of fused-ring (bicyclic) bond motifs is 5. The molecular weight excluding hydrogens is 320 g/mol. The van der Waals surface area contributed by atoms with Crippen molar-refractivity contribution in [3.63, 3.8) is 0 Å². The van der Waals surface area contributed by atoms with E-state index >= 15 is 0 Å². The van der Waals surface area contributed by atoms with Gasteiger partial charge < -0.3 is 5.11 Å². The van der Waals surface area contributed by atoms with Crippen LogP contribution in [0.25, 0.3) is 0 Å². The van der Waals surface area contributed by atoms with Gasteiger partial charge in [-0.2, -0.15) is 0 Å². The maximum Gasteiger partial charge on any atom is 0.303 e. The predicted molar refractivity (Wildman–Crippen MR) is 106 cm³/mol. The van der Waals surface area contributed by atoms with Crippen LogP contribution in [0.3, 0.4) is 0 Å². The first kappa shape index (κ1) is 18.1. The van der Waals surface area contributed by atoms with Crippen LogP contribution in [0.5, 0.6) is 0 Å². The molecule has 2 nitrogen and oxygen atoms in total. The van der Waals surface area contributed by atoms with Gasteiger partial charge in [-0.25, -0.2) is 0 Å². The molecule has 0 bridgehead atoms. The number of carboxylic acid groups (broad SMARTS) is 1. The normalized spacial score (nSPS) is 44.7. The molecule has 7 atom stereocenters. The Balaban J connectivity index is 1.61. The monoisotopic (exact) mass is 354 g/mol. The fraction of sp³-hybridized carbons (Fsp3) is 0.708. The van der Waals surface area contributed by atoms with E-state index in [0.29, 0.717) is 41.4 Å². The van der Waals surface area contributed by atoms with E-state index in [1.54, 1.807) is 5.57 Å². The highest BCUT2D eigenvalue weighted by Crippen LogP contribution is 2.63. The summed E-state index contributed by atoms with van der Waals surface area (Å²) in [6.45, 7) is 7.25. The van der Waals surface area contributed by atoms with Gasteiger partial charge in [-0.1, -0.05) is 56.7 Å². The number of rotatable bonds is 4. The van der Waals surface area contributed by atoms with Crippen LogP contribution in [0.1, 0.15) is 65.7 Å². The number of allylic oxidation sites excluding steroid dienone is 6. The van der Waals surface area contributed by atoms with Crippen molar-refractivity contribution < 1.29 is 9.90 Å². The molecule has 1 fully saturated rings. The van der Waals surface area contributed by atoms with Crippen LogP contribution in [0.2, 0.25) is 0 Å². The highest BCUT2D eigenvalue weighted by atomic mass is 16.4. The fourth-order valence-corrected chi connectivity index (χ4v) is 7.00. The Hall–Kier alpha value is -1.31. The first-order chi connectivity index (χ1) is 12.4. The predicted octanol–water partition coefficient (Wildman–Crippen LogP) is 6.01. The lowest BCUT2D eigenvalue weighted by atomic mass is 9.51. The molecule has 4 aliphatic carbocycles. The topological polar surface area (TPSA) is 37.3 Å². The zero-order chi connectivity index (χ0) is 18.5. The molecule has 1 N–H and O–H groups in total. The van der Waals surface area contributed by atoms with E-state index in [2.05, 4.69) is 51.2 Å². The van der Waals surface area contributed by atoms with Crippen LogP contribution in [-0.4, -0.2) is 11.1 Å². The Kier molecular flexibility index (Phi) is 4.44. The number of carbonyl (C=O) groups is 1. The molecule has 142 valence electrons. The van der Waals surface area contributed by atoms with Crippen LogP contribution in [0.15, 0.2) is 36.0 Å². The van der Waals surface area contributed by atoms with Crippen molar-refractivity contribution in [1.82, 2.24) is 0 Å². The van der Waals surface area contributed by atoms with Gasteiger partial charge >= 0.3 is 5.97 Å². The Bertz CT molecular complexity index is 672. The van der Waals surface area contributed by atoms with E-state index in [9.17, 15) is 4.79 Å². The SMILES string of the molecule is CC(CCC(=O)O)C1CCC2C3=CCC4C=CCCC4(C)C3C=CC21C. The van der Waals surface area contributed by atoms with Gasteiger partial charge in [-0.15, -0.1) is 0 Å². The summed E-state index contributed by atoms with van der Waals surface area (Å²) in [7, 11) is 0. The van der Waals surface area contributed by atoms with Gasteiger partial charge in [-0.05, 0) is 73.0 Å². The molecule has 1 saturated carbocycles.